The van der Waals surface area contributed by atoms with Crippen molar-refractivity contribution in [1.82, 2.24) is 10.2 Å². The zero-order valence-electron chi connectivity index (χ0n) is 15.7. The number of Topliss-reactive ketones (excluding diaryl/α,β-unsaturated/α-hetero) is 1. The van der Waals surface area contributed by atoms with Gasteiger partial charge in [0.25, 0.3) is 0 Å². The number of carbonyl (C=O) groups excluding carboxylic acids is 1. The van der Waals surface area contributed by atoms with Crippen molar-refractivity contribution in [3.8, 4) is 5.75 Å². The van der Waals surface area contributed by atoms with Crippen LogP contribution >= 0.6 is 0 Å². The molecule has 0 amide bonds. The molecule has 2 aromatic carbocycles. The maximum absolute atomic E-state index is 12.5. The van der Waals surface area contributed by atoms with Crippen LogP contribution in [0.2, 0.25) is 0 Å². The molecule has 0 spiro atoms. The Balaban J connectivity index is 1.59. The Morgan fingerprint density at radius 3 is 2.54 bits per heavy atom. The second-order valence-electron chi connectivity index (χ2n) is 6.74. The number of hydrogen-bond donors (Lipinski definition) is 1. The summed E-state index contributed by atoms with van der Waals surface area (Å²) in [5.74, 6) is 1.04. The van der Waals surface area contributed by atoms with Gasteiger partial charge in [0.1, 0.15) is 5.75 Å². The normalized spacial score (nSPS) is 17.8. The fourth-order valence-electron chi connectivity index (χ4n) is 3.54. The smallest absolute Gasteiger partial charge is 0.163 e. The minimum atomic E-state index is 0.196. The van der Waals surface area contributed by atoms with E-state index in [1.165, 1.54) is 5.56 Å². The highest BCUT2D eigenvalue weighted by molar-refractivity contribution is 5.96. The molecule has 1 N–H and O–H groups in total. The molecule has 1 heterocycles. The Morgan fingerprint density at radius 1 is 1.15 bits per heavy atom. The molecule has 3 rings (SSSR count). The molecule has 2 aromatic rings. The molecule has 1 saturated heterocycles. The summed E-state index contributed by atoms with van der Waals surface area (Å²) in [6.45, 7) is 6.35. The number of nitrogens with zero attached hydrogens (tertiary/aromatic N) is 1. The van der Waals surface area contributed by atoms with Crippen LogP contribution in [-0.2, 0) is 6.42 Å². The Labute approximate surface area is 156 Å². The molecule has 26 heavy (non-hydrogen) atoms. The molecule has 0 aliphatic carbocycles. The van der Waals surface area contributed by atoms with Gasteiger partial charge in [-0.3, -0.25) is 9.69 Å². The molecule has 0 aromatic heterocycles. The first-order chi connectivity index (χ1) is 12.7. The molecule has 1 atom stereocenters. The van der Waals surface area contributed by atoms with Crippen LogP contribution in [0.5, 0.6) is 5.75 Å². The number of hydrogen-bond acceptors (Lipinski definition) is 4. The van der Waals surface area contributed by atoms with Crippen molar-refractivity contribution < 1.29 is 9.53 Å². The van der Waals surface area contributed by atoms with Crippen molar-refractivity contribution in [3.05, 3.63) is 65.2 Å². The largest absolute Gasteiger partial charge is 0.497 e. The number of likely N-dealkylation sites (N-methyl/N-ethyl adjacent to an activating group) is 1. The molecule has 1 unspecified atom stereocenters. The monoisotopic (exact) mass is 352 g/mol. The van der Waals surface area contributed by atoms with Gasteiger partial charge in [0.15, 0.2) is 5.78 Å². The first kappa shape index (κ1) is 18.6. The maximum Gasteiger partial charge on any atom is 0.163 e. The van der Waals surface area contributed by atoms with E-state index >= 15 is 0 Å². The number of nitrogens with one attached hydrogen (secondary N) is 1. The number of carbonyl (C=O) groups is 1. The van der Waals surface area contributed by atoms with Gasteiger partial charge in [-0.05, 0) is 36.2 Å². The number of ketones is 1. The lowest BCUT2D eigenvalue weighted by atomic mass is 9.98. The Morgan fingerprint density at radius 2 is 1.88 bits per heavy atom. The summed E-state index contributed by atoms with van der Waals surface area (Å²) in [5.41, 5.74) is 3.24. The molecule has 0 bridgehead atoms. The average molecular weight is 352 g/mol. The van der Waals surface area contributed by atoms with Crippen molar-refractivity contribution in [1.29, 1.82) is 0 Å². The molecule has 1 aliphatic rings. The van der Waals surface area contributed by atoms with Gasteiger partial charge in [0.05, 0.1) is 7.11 Å². The number of piperazine rings is 1. The molecular weight excluding hydrogens is 324 g/mol. The van der Waals surface area contributed by atoms with E-state index in [4.69, 9.17) is 4.74 Å². The van der Waals surface area contributed by atoms with E-state index in [0.29, 0.717) is 12.5 Å². The fraction of sp³-hybridized carbons (Fsp3) is 0.409. The molecule has 1 aliphatic heterocycles. The van der Waals surface area contributed by atoms with E-state index in [1.807, 2.05) is 36.4 Å². The summed E-state index contributed by atoms with van der Waals surface area (Å²) < 4.78 is 5.17. The summed E-state index contributed by atoms with van der Waals surface area (Å²) in [6.07, 6.45) is 1.28. The SMILES string of the molecule is CCN1CCNCC1c1ccc(C(=O)CCc2ccc(OC)cc2)cc1. The van der Waals surface area contributed by atoms with Crippen molar-refractivity contribution in [2.24, 2.45) is 0 Å². The highest BCUT2D eigenvalue weighted by Gasteiger charge is 2.22. The minimum Gasteiger partial charge on any atom is -0.497 e. The molecule has 1 fully saturated rings. The van der Waals surface area contributed by atoms with E-state index in [1.54, 1.807) is 7.11 Å². The molecule has 4 heteroatoms. The van der Waals surface area contributed by atoms with Crippen LogP contribution in [0, 0.1) is 0 Å². The van der Waals surface area contributed by atoms with E-state index in [-0.39, 0.29) is 5.78 Å². The lowest BCUT2D eigenvalue weighted by Crippen LogP contribution is -2.45. The lowest BCUT2D eigenvalue weighted by Gasteiger charge is -2.35. The second kappa shape index (κ2) is 8.97. The summed E-state index contributed by atoms with van der Waals surface area (Å²) >= 11 is 0. The number of aryl methyl sites for hydroxylation is 1. The standard InChI is InChI=1S/C22H28N2O2/c1-3-24-15-14-23-16-21(24)18-7-9-19(10-8-18)22(25)13-6-17-4-11-20(26-2)12-5-17/h4-5,7-12,21,23H,3,6,13-16H2,1-2H3. The van der Waals surface area contributed by atoms with Crippen LogP contribution < -0.4 is 10.1 Å². The number of rotatable bonds is 7. The Bertz CT molecular complexity index is 710. The predicted octanol–water partition coefficient (Wildman–Crippen LogP) is 3.48. The first-order valence-corrected chi connectivity index (χ1v) is 9.42. The van der Waals surface area contributed by atoms with Gasteiger partial charge in [0, 0.05) is 37.7 Å². The van der Waals surface area contributed by atoms with Crippen LogP contribution in [0.15, 0.2) is 48.5 Å². The molecular formula is C22H28N2O2. The summed E-state index contributed by atoms with van der Waals surface area (Å²) in [4.78, 5) is 15.0. The van der Waals surface area contributed by atoms with Crippen LogP contribution in [0.25, 0.3) is 0 Å². The van der Waals surface area contributed by atoms with E-state index in [0.717, 1.165) is 49.5 Å². The second-order valence-corrected chi connectivity index (χ2v) is 6.74. The van der Waals surface area contributed by atoms with Crippen molar-refractivity contribution in [2.75, 3.05) is 33.3 Å². The van der Waals surface area contributed by atoms with E-state index in [9.17, 15) is 4.79 Å². The topological polar surface area (TPSA) is 41.6 Å². The summed E-state index contributed by atoms with van der Waals surface area (Å²) in [6, 6.07) is 16.5. The number of ether oxygens (including phenoxy) is 1. The highest BCUT2D eigenvalue weighted by Crippen LogP contribution is 2.23. The third-order valence-electron chi connectivity index (χ3n) is 5.18. The van der Waals surface area contributed by atoms with Crippen molar-refractivity contribution in [3.63, 3.8) is 0 Å². The van der Waals surface area contributed by atoms with Crippen molar-refractivity contribution >= 4 is 5.78 Å². The maximum atomic E-state index is 12.5. The molecule has 4 nitrogen and oxygen atoms in total. The third-order valence-corrected chi connectivity index (χ3v) is 5.18. The minimum absolute atomic E-state index is 0.196. The zero-order valence-corrected chi connectivity index (χ0v) is 15.7. The van der Waals surface area contributed by atoms with Crippen LogP contribution in [0.3, 0.4) is 0 Å². The van der Waals surface area contributed by atoms with Gasteiger partial charge in [-0.2, -0.15) is 0 Å². The van der Waals surface area contributed by atoms with Crippen molar-refractivity contribution in [2.45, 2.75) is 25.8 Å². The van der Waals surface area contributed by atoms with Gasteiger partial charge < -0.3 is 10.1 Å². The van der Waals surface area contributed by atoms with Gasteiger partial charge >= 0.3 is 0 Å². The fourth-order valence-corrected chi connectivity index (χ4v) is 3.54. The summed E-state index contributed by atoms with van der Waals surface area (Å²) in [5, 5.41) is 3.46. The van der Waals surface area contributed by atoms with E-state index in [2.05, 4.69) is 29.3 Å². The molecule has 138 valence electrons. The van der Waals surface area contributed by atoms with E-state index < -0.39 is 0 Å². The average Bonchev–Trinajstić information content (AvgIpc) is 2.72. The Kier molecular flexibility index (Phi) is 6.42. The Hall–Kier alpha value is -2.17. The van der Waals surface area contributed by atoms with Crippen LogP contribution in [0.4, 0.5) is 0 Å². The number of benzene rings is 2. The molecule has 0 radical (unpaired) electrons. The quantitative estimate of drug-likeness (QED) is 0.775. The first-order valence-electron chi connectivity index (χ1n) is 9.42. The van der Waals surface area contributed by atoms with Crippen LogP contribution in [-0.4, -0.2) is 44.0 Å². The molecule has 0 saturated carbocycles. The zero-order chi connectivity index (χ0) is 18.4. The van der Waals surface area contributed by atoms with Gasteiger partial charge in [-0.1, -0.05) is 43.3 Å². The summed E-state index contributed by atoms with van der Waals surface area (Å²) in [7, 11) is 1.66. The van der Waals surface area contributed by atoms with Gasteiger partial charge in [-0.25, -0.2) is 0 Å². The number of methoxy groups -OCH3 is 1. The lowest BCUT2D eigenvalue weighted by molar-refractivity contribution is 0.0982. The van der Waals surface area contributed by atoms with Gasteiger partial charge in [-0.15, -0.1) is 0 Å². The third kappa shape index (κ3) is 4.51. The van der Waals surface area contributed by atoms with Crippen LogP contribution in [0.1, 0.15) is 40.9 Å². The van der Waals surface area contributed by atoms with Gasteiger partial charge in [0.2, 0.25) is 0 Å². The highest BCUT2D eigenvalue weighted by atomic mass is 16.5. The predicted molar refractivity (Wildman–Crippen MR) is 105 cm³/mol.